The third-order valence-corrected chi connectivity index (χ3v) is 6.19. The van der Waals surface area contributed by atoms with Crippen molar-refractivity contribution in [2.24, 2.45) is 0 Å². The molecular formula is C28H25BrN2O5. The van der Waals surface area contributed by atoms with Crippen molar-refractivity contribution in [2.75, 3.05) is 12.0 Å². The molecule has 4 rings (SSSR count). The number of ether oxygens (including phenoxy) is 2. The summed E-state index contributed by atoms with van der Waals surface area (Å²) in [5.74, 6) is -0.489. The largest absolute Gasteiger partial charge is 0.497 e. The smallest absolute Gasteiger partial charge is 0.335 e. The van der Waals surface area contributed by atoms with Gasteiger partial charge in [0.2, 0.25) is 0 Å². The zero-order valence-electron chi connectivity index (χ0n) is 20.3. The van der Waals surface area contributed by atoms with E-state index >= 15 is 0 Å². The molecule has 1 N–H and O–H groups in total. The number of barbiturate groups is 1. The zero-order chi connectivity index (χ0) is 26.0. The Kier molecular flexibility index (Phi) is 7.26. The second-order valence-corrected chi connectivity index (χ2v) is 9.49. The molecule has 1 fully saturated rings. The maximum absolute atomic E-state index is 13.4. The van der Waals surface area contributed by atoms with Crippen molar-refractivity contribution < 1.29 is 23.9 Å². The molecule has 184 valence electrons. The third-order valence-electron chi connectivity index (χ3n) is 5.70. The maximum atomic E-state index is 13.4. The molecular weight excluding hydrogens is 524 g/mol. The number of carbonyl (C=O) groups is 3. The van der Waals surface area contributed by atoms with Crippen LogP contribution in [0.3, 0.4) is 0 Å². The van der Waals surface area contributed by atoms with Gasteiger partial charge in [0.1, 0.15) is 23.7 Å². The average Bonchev–Trinajstić information content (AvgIpc) is 2.81. The molecule has 0 spiro atoms. The van der Waals surface area contributed by atoms with Crippen LogP contribution >= 0.6 is 15.9 Å². The molecule has 1 heterocycles. The lowest BCUT2D eigenvalue weighted by Gasteiger charge is -2.27. The van der Waals surface area contributed by atoms with Crippen LogP contribution in [0.4, 0.5) is 10.5 Å². The normalized spacial score (nSPS) is 14.8. The maximum Gasteiger partial charge on any atom is 0.335 e. The van der Waals surface area contributed by atoms with E-state index in [2.05, 4.69) is 27.3 Å². The number of nitrogens with one attached hydrogen (secondary N) is 1. The Balaban J connectivity index is 1.70. The number of imide groups is 2. The summed E-state index contributed by atoms with van der Waals surface area (Å²) >= 11 is 3.38. The number of amides is 4. The van der Waals surface area contributed by atoms with Crippen molar-refractivity contribution in [2.45, 2.75) is 27.4 Å². The number of nitrogens with zero attached hydrogens (tertiary/aromatic N) is 1. The molecule has 0 saturated carbocycles. The summed E-state index contributed by atoms with van der Waals surface area (Å²) in [5.41, 5.74) is 4.64. The number of methoxy groups -OCH3 is 1. The first-order chi connectivity index (χ1) is 17.2. The number of hydrogen-bond acceptors (Lipinski definition) is 5. The Hall–Kier alpha value is -3.91. The molecule has 8 heteroatoms. The minimum Gasteiger partial charge on any atom is -0.497 e. The first-order valence-electron chi connectivity index (χ1n) is 11.2. The number of halogens is 1. The Morgan fingerprint density at radius 2 is 1.67 bits per heavy atom. The van der Waals surface area contributed by atoms with Gasteiger partial charge in [-0.1, -0.05) is 45.3 Å². The molecule has 4 amide bonds. The predicted molar refractivity (Wildman–Crippen MR) is 141 cm³/mol. The summed E-state index contributed by atoms with van der Waals surface area (Å²) in [6.45, 7) is 6.11. The van der Waals surface area contributed by atoms with Gasteiger partial charge in [-0.05, 0) is 68.3 Å². The summed E-state index contributed by atoms with van der Waals surface area (Å²) in [6.07, 6.45) is 1.43. The van der Waals surface area contributed by atoms with Gasteiger partial charge >= 0.3 is 6.03 Å². The van der Waals surface area contributed by atoms with Crippen molar-refractivity contribution in [3.8, 4) is 11.5 Å². The molecule has 3 aromatic carbocycles. The van der Waals surface area contributed by atoms with Crippen LogP contribution in [0.1, 0.15) is 27.8 Å². The average molecular weight is 549 g/mol. The van der Waals surface area contributed by atoms with E-state index < -0.39 is 17.8 Å². The van der Waals surface area contributed by atoms with E-state index in [4.69, 9.17) is 9.47 Å². The Morgan fingerprint density at radius 1 is 0.944 bits per heavy atom. The molecule has 0 unspecified atom stereocenters. The minimum atomic E-state index is -0.798. The highest BCUT2D eigenvalue weighted by molar-refractivity contribution is 9.10. The van der Waals surface area contributed by atoms with Crippen LogP contribution in [0.5, 0.6) is 11.5 Å². The van der Waals surface area contributed by atoms with Gasteiger partial charge in [0.25, 0.3) is 11.8 Å². The van der Waals surface area contributed by atoms with Gasteiger partial charge in [-0.3, -0.25) is 14.9 Å². The van der Waals surface area contributed by atoms with E-state index in [1.54, 1.807) is 50.4 Å². The van der Waals surface area contributed by atoms with Gasteiger partial charge in [0, 0.05) is 16.1 Å². The third kappa shape index (κ3) is 5.33. The molecule has 1 aliphatic rings. The van der Waals surface area contributed by atoms with E-state index in [-0.39, 0.29) is 12.2 Å². The predicted octanol–water partition coefficient (Wildman–Crippen LogP) is 5.63. The van der Waals surface area contributed by atoms with Gasteiger partial charge < -0.3 is 9.47 Å². The fourth-order valence-corrected chi connectivity index (χ4v) is 4.58. The van der Waals surface area contributed by atoms with Crippen LogP contribution in [0.15, 0.2) is 64.6 Å². The van der Waals surface area contributed by atoms with Gasteiger partial charge in [-0.2, -0.15) is 0 Å². The van der Waals surface area contributed by atoms with E-state index in [1.165, 1.54) is 6.08 Å². The second kappa shape index (κ2) is 10.4. The quantitative estimate of drug-likeness (QED) is 0.318. The Bertz CT molecular complexity index is 1390. The van der Waals surface area contributed by atoms with Crippen molar-refractivity contribution >= 4 is 45.5 Å². The van der Waals surface area contributed by atoms with Crippen molar-refractivity contribution in [1.82, 2.24) is 5.32 Å². The number of urea groups is 1. The monoisotopic (exact) mass is 548 g/mol. The fraction of sp³-hybridized carbons (Fsp3) is 0.179. The molecule has 0 aromatic heterocycles. The number of benzene rings is 3. The van der Waals surface area contributed by atoms with Gasteiger partial charge in [0.15, 0.2) is 0 Å². The van der Waals surface area contributed by atoms with Crippen LogP contribution in [0.2, 0.25) is 0 Å². The van der Waals surface area contributed by atoms with Crippen molar-refractivity contribution in [3.63, 3.8) is 0 Å². The minimum absolute atomic E-state index is 0.182. The number of rotatable bonds is 6. The SMILES string of the molecule is COc1ccc(/C=C2/C(=O)NC(=O)N(c3ccc(Br)cc3C)C2=O)c(OCc2cc(C)cc(C)c2)c1. The summed E-state index contributed by atoms with van der Waals surface area (Å²) in [7, 11) is 1.54. The lowest BCUT2D eigenvalue weighted by molar-refractivity contribution is -0.122. The first kappa shape index (κ1) is 25.2. The topological polar surface area (TPSA) is 84.9 Å². The van der Waals surface area contributed by atoms with Crippen LogP contribution in [0.25, 0.3) is 6.08 Å². The lowest BCUT2D eigenvalue weighted by atomic mass is 10.0. The summed E-state index contributed by atoms with van der Waals surface area (Å²) in [4.78, 5) is 39.7. The van der Waals surface area contributed by atoms with Crippen LogP contribution in [0, 0.1) is 20.8 Å². The lowest BCUT2D eigenvalue weighted by Crippen LogP contribution is -2.54. The molecule has 0 bridgehead atoms. The highest BCUT2D eigenvalue weighted by Crippen LogP contribution is 2.31. The molecule has 0 atom stereocenters. The van der Waals surface area contributed by atoms with Crippen LogP contribution in [-0.2, 0) is 16.2 Å². The Labute approximate surface area is 217 Å². The van der Waals surface area contributed by atoms with E-state index in [1.807, 2.05) is 26.0 Å². The molecule has 3 aromatic rings. The molecule has 1 saturated heterocycles. The standard InChI is InChI=1S/C28H25BrN2O5/c1-16-9-17(2)11-19(10-16)15-36-25-14-22(35-4)7-5-20(25)13-23-26(32)30-28(34)31(27(23)33)24-8-6-21(29)12-18(24)3/h5-14H,15H2,1-4H3,(H,30,32,34)/b23-13-. The van der Waals surface area contributed by atoms with Crippen molar-refractivity contribution in [3.05, 3.63) is 92.5 Å². The van der Waals surface area contributed by atoms with E-state index in [9.17, 15) is 14.4 Å². The highest BCUT2D eigenvalue weighted by Gasteiger charge is 2.37. The molecule has 0 aliphatic carbocycles. The summed E-state index contributed by atoms with van der Waals surface area (Å²) in [5, 5.41) is 2.26. The first-order valence-corrected chi connectivity index (χ1v) is 12.0. The van der Waals surface area contributed by atoms with E-state index in [0.29, 0.717) is 28.3 Å². The molecule has 36 heavy (non-hydrogen) atoms. The number of anilines is 1. The number of aryl methyl sites for hydroxylation is 3. The summed E-state index contributed by atoms with van der Waals surface area (Å²) in [6, 6.07) is 15.6. The second-order valence-electron chi connectivity index (χ2n) is 8.58. The fourth-order valence-electron chi connectivity index (χ4n) is 4.10. The van der Waals surface area contributed by atoms with Gasteiger partial charge in [0.05, 0.1) is 12.8 Å². The van der Waals surface area contributed by atoms with Crippen LogP contribution in [-0.4, -0.2) is 25.0 Å². The number of carbonyl (C=O) groups excluding carboxylic acids is 3. The molecule has 7 nitrogen and oxygen atoms in total. The number of hydrogen-bond donors (Lipinski definition) is 1. The van der Waals surface area contributed by atoms with Crippen molar-refractivity contribution in [1.29, 1.82) is 0 Å². The Morgan fingerprint density at radius 3 is 2.33 bits per heavy atom. The summed E-state index contributed by atoms with van der Waals surface area (Å²) < 4.78 is 12.2. The zero-order valence-corrected chi connectivity index (χ0v) is 21.9. The molecule has 0 radical (unpaired) electrons. The molecule has 1 aliphatic heterocycles. The van der Waals surface area contributed by atoms with Gasteiger partial charge in [-0.25, -0.2) is 9.69 Å². The van der Waals surface area contributed by atoms with Crippen LogP contribution < -0.4 is 19.7 Å². The highest BCUT2D eigenvalue weighted by atomic mass is 79.9. The van der Waals surface area contributed by atoms with E-state index in [0.717, 1.165) is 26.1 Å². The van der Waals surface area contributed by atoms with Gasteiger partial charge in [-0.15, -0.1) is 0 Å².